The number of nitrogens with one attached hydrogen (secondary N) is 1. The van der Waals surface area contributed by atoms with E-state index in [1.165, 1.54) is 23.3 Å². The van der Waals surface area contributed by atoms with Crippen LogP contribution in [0.3, 0.4) is 0 Å². The molecule has 1 saturated heterocycles. The SMILES string of the molecule is CC1SCCC1NCc1cc(Br)cc2c1OCC2. The normalized spacial score (nSPS) is 26.1. The Morgan fingerprint density at radius 1 is 1.50 bits per heavy atom. The first-order valence-electron chi connectivity index (χ1n) is 6.53. The first kappa shape index (κ1) is 12.8. The molecular weight excluding hydrogens is 310 g/mol. The minimum absolute atomic E-state index is 0.644. The lowest BCUT2D eigenvalue weighted by atomic mass is 10.1. The number of fused-ring (bicyclic) bond motifs is 1. The number of ether oxygens (including phenoxy) is 1. The van der Waals surface area contributed by atoms with E-state index in [4.69, 9.17) is 4.74 Å². The van der Waals surface area contributed by atoms with E-state index in [1.807, 2.05) is 0 Å². The van der Waals surface area contributed by atoms with Gasteiger partial charge in [0.15, 0.2) is 0 Å². The van der Waals surface area contributed by atoms with E-state index >= 15 is 0 Å². The quantitative estimate of drug-likeness (QED) is 0.919. The molecule has 0 aromatic heterocycles. The van der Waals surface area contributed by atoms with E-state index in [1.54, 1.807) is 0 Å². The zero-order valence-corrected chi connectivity index (χ0v) is 12.9. The minimum Gasteiger partial charge on any atom is -0.493 e. The number of rotatable bonds is 3. The molecule has 2 aliphatic rings. The molecule has 1 fully saturated rings. The molecule has 2 atom stereocenters. The molecule has 1 aromatic rings. The molecule has 1 aromatic carbocycles. The van der Waals surface area contributed by atoms with Gasteiger partial charge in [-0.3, -0.25) is 0 Å². The molecule has 2 heterocycles. The van der Waals surface area contributed by atoms with Gasteiger partial charge in [-0.05, 0) is 29.9 Å². The predicted octanol–water partition coefficient (Wildman–Crippen LogP) is 3.37. The van der Waals surface area contributed by atoms with E-state index in [-0.39, 0.29) is 0 Å². The minimum atomic E-state index is 0.644. The topological polar surface area (TPSA) is 21.3 Å². The Morgan fingerprint density at radius 3 is 3.17 bits per heavy atom. The largest absolute Gasteiger partial charge is 0.493 e. The van der Waals surface area contributed by atoms with E-state index in [0.29, 0.717) is 6.04 Å². The van der Waals surface area contributed by atoms with Gasteiger partial charge in [0.2, 0.25) is 0 Å². The summed E-state index contributed by atoms with van der Waals surface area (Å²) in [6.07, 6.45) is 2.32. The monoisotopic (exact) mass is 327 g/mol. The third kappa shape index (κ3) is 2.56. The highest BCUT2D eigenvalue weighted by molar-refractivity contribution is 9.10. The maximum Gasteiger partial charge on any atom is 0.127 e. The van der Waals surface area contributed by atoms with Crippen molar-refractivity contribution in [2.45, 2.75) is 37.6 Å². The molecule has 4 heteroatoms. The molecule has 0 aliphatic carbocycles. The van der Waals surface area contributed by atoms with Gasteiger partial charge < -0.3 is 10.1 Å². The molecule has 0 amide bonds. The van der Waals surface area contributed by atoms with Crippen LogP contribution in [0.15, 0.2) is 16.6 Å². The van der Waals surface area contributed by atoms with Crippen LogP contribution in [0.25, 0.3) is 0 Å². The first-order chi connectivity index (χ1) is 8.74. The molecule has 0 radical (unpaired) electrons. The molecule has 3 rings (SSSR count). The Kier molecular flexibility index (Phi) is 3.87. The molecule has 98 valence electrons. The van der Waals surface area contributed by atoms with Crippen LogP contribution in [0, 0.1) is 0 Å². The molecule has 1 N–H and O–H groups in total. The van der Waals surface area contributed by atoms with Crippen LogP contribution in [0.4, 0.5) is 0 Å². The second-order valence-corrected chi connectivity index (χ2v) is 7.40. The van der Waals surface area contributed by atoms with Crippen molar-refractivity contribution in [1.82, 2.24) is 5.32 Å². The standard InChI is InChI=1S/C14H18BrNOS/c1-9-13(3-5-18-9)16-8-11-7-12(15)6-10-2-4-17-14(10)11/h6-7,9,13,16H,2-5,8H2,1H3. The maximum absolute atomic E-state index is 5.76. The number of halogens is 1. The highest BCUT2D eigenvalue weighted by Crippen LogP contribution is 2.33. The van der Waals surface area contributed by atoms with Gasteiger partial charge in [-0.2, -0.15) is 11.8 Å². The van der Waals surface area contributed by atoms with Crippen molar-refractivity contribution >= 4 is 27.7 Å². The Bertz CT molecular complexity index is 452. The van der Waals surface area contributed by atoms with Crippen molar-refractivity contribution < 1.29 is 4.74 Å². The van der Waals surface area contributed by atoms with Crippen molar-refractivity contribution in [2.24, 2.45) is 0 Å². The number of thioether (sulfide) groups is 1. The zero-order chi connectivity index (χ0) is 12.5. The summed E-state index contributed by atoms with van der Waals surface area (Å²) in [5.41, 5.74) is 2.64. The molecular formula is C14H18BrNOS. The summed E-state index contributed by atoms with van der Waals surface area (Å²) in [7, 11) is 0. The second kappa shape index (κ2) is 5.43. The second-order valence-electron chi connectivity index (χ2n) is 5.00. The first-order valence-corrected chi connectivity index (χ1v) is 8.37. The molecule has 2 nitrogen and oxygen atoms in total. The summed E-state index contributed by atoms with van der Waals surface area (Å²) in [5, 5.41) is 4.41. The van der Waals surface area contributed by atoms with Gasteiger partial charge in [0.1, 0.15) is 5.75 Å². The van der Waals surface area contributed by atoms with E-state index < -0.39 is 0 Å². The van der Waals surface area contributed by atoms with Gasteiger partial charge in [-0.15, -0.1) is 0 Å². The third-order valence-electron chi connectivity index (χ3n) is 3.76. The van der Waals surface area contributed by atoms with E-state index in [2.05, 4.69) is 52.1 Å². The van der Waals surface area contributed by atoms with Crippen molar-refractivity contribution in [2.75, 3.05) is 12.4 Å². The Hall–Kier alpha value is -0.190. The predicted molar refractivity (Wildman–Crippen MR) is 80.5 cm³/mol. The Morgan fingerprint density at radius 2 is 2.39 bits per heavy atom. The van der Waals surface area contributed by atoms with Crippen molar-refractivity contribution in [1.29, 1.82) is 0 Å². The maximum atomic E-state index is 5.76. The van der Waals surface area contributed by atoms with Crippen LogP contribution in [-0.2, 0) is 13.0 Å². The van der Waals surface area contributed by atoms with Gasteiger partial charge in [-0.1, -0.05) is 22.9 Å². The third-order valence-corrected chi connectivity index (χ3v) is 5.54. The fourth-order valence-corrected chi connectivity index (χ4v) is 4.50. The zero-order valence-electron chi connectivity index (χ0n) is 10.5. The van der Waals surface area contributed by atoms with Crippen LogP contribution < -0.4 is 10.1 Å². The van der Waals surface area contributed by atoms with Gasteiger partial charge in [0, 0.05) is 34.3 Å². The molecule has 0 spiro atoms. The molecule has 2 aliphatic heterocycles. The Labute approximate surface area is 121 Å². The molecule has 0 saturated carbocycles. The molecule has 18 heavy (non-hydrogen) atoms. The van der Waals surface area contributed by atoms with Crippen molar-refractivity contribution in [3.05, 3.63) is 27.7 Å². The Balaban J connectivity index is 1.73. The highest BCUT2D eigenvalue weighted by atomic mass is 79.9. The number of hydrogen-bond acceptors (Lipinski definition) is 3. The summed E-state index contributed by atoms with van der Waals surface area (Å²) in [5.74, 6) is 2.40. The number of hydrogen-bond donors (Lipinski definition) is 1. The van der Waals surface area contributed by atoms with Gasteiger partial charge in [0.05, 0.1) is 6.61 Å². The summed E-state index contributed by atoms with van der Waals surface area (Å²) < 4.78 is 6.92. The number of benzene rings is 1. The fourth-order valence-electron chi connectivity index (χ4n) is 2.72. The van der Waals surface area contributed by atoms with Crippen LogP contribution in [0.5, 0.6) is 5.75 Å². The molecule has 2 unspecified atom stereocenters. The van der Waals surface area contributed by atoms with Crippen molar-refractivity contribution in [3.63, 3.8) is 0 Å². The van der Waals surface area contributed by atoms with Crippen LogP contribution in [0.1, 0.15) is 24.5 Å². The highest BCUT2D eigenvalue weighted by Gasteiger charge is 2.24. The fraction of sp³-hybridized carbons (Fsp3) is 0.571. The summed E-state index contributed by atoms with van der Waals surface area (Å²) in [4.78, 5) is 0. The van der Waals surface area contributed by atoms with E-state index in [9.17, 15) is 0 Å². The van der Waals surface area contributed by atoms with Crippen LogP contribution >= 0.6 is 27.7 Å². The average Bonchev–Trinajstić information content (AvgIpc) is 2.94. The van der Waals surface area contributed by atoms with Crippen molar-refractivity contribution in [3.8, 4) is 5.75 Å². The van der Waals surface area contributed by atoms with Crippen LogP contribution in [0.2, 0.25) is 0 Å². The van der Waals surface area contributed by atoms with Gasteiger partial charge in [0.25, 0.3) is 0 Å². The smallest absolute Gasteiger partial charge is 0.127 e. The lowest BCUT2D eigenvalue weighted by molar-refractivity contribution is 0.351. The summed E-state index contributed by atoms with van der Waals surface area (Å²) in [6, 6.07) is 5.01. The van der Waals surface area contributed by atoms with Gasteiger partial charge in [-0.25, -0.2) is 0 Å². The van der Waals surface area contributed by atoms with E-state index in [0.717, 1.165) is 35.0 Å². The summed E-state index contributed by atoms with van der Waals surface area (Å²) >= 11 is 5.66. The van der Waals surface area contributed by atoms with Gasteiger partial charge >= 0.3 is 0 Å². The lowest BCUT2D eigenvalue weighted by Crippen LogP contribution is -2.32. The van der Waals surface area contributed by atoms with Crippen LogP contribution in [-0.4, -0.2) is 23.7 Å². The molecule has 0 bridgehead atoms. The lowest BCUT2D eigenvalue weighted by Gasteiger charge is -2.17. The average molecular weight is 328 g/mol. The summed E-state index contributed by atoms with van der Waals surface area (Å²) in [6.45, 7) is 4.06.